The van der Waals surface area contributed by atoms with Crippen LogP contribution in [0.25, 0.3) is 0 Å². The molecule has 0 saturated heterocycles. The first-order chi connectivity index (χ1) is 6.69. The monoisotopic (exact) mass is 195 g/mol. The Labute approximate surface area is 84.3 Å². The highest BCUT2D eigenvalue weighted by Gasteiger charge is 2.11. The van der Waals surface area contributed by atoms with Crippen molar-refractivity contribution < 1.29 is 4.79 Å². The zero-order chi connectivity index (χ0) is 10.6. The van der Waals surface area contributed by atoms with E-state index in [-0.39, 0.29) is 5.91 Å². The van der Waals surface area contributed by atoms with Crippen LogP contribution in [0, 0.1) is 0 Å². The van der Waals surface area contributed by atoms with Gasteiger partial charge >= 0.3 is 0 Å². The van der Waals surface area contributed by atoms with Crippen LogP contribution in [0.1, 0.15) is 36.5 Å². The van der Waals surface area contributed by atoms with Crippen LogP contribution in [-0.2, 0) is 13.5 Å². The van der Waals surface area contributed by atoms with Gasteiger partial charge in [-0.3, -0.25) is 9.48 Å². The number of rotatable bonds is 4. The first-order valence-electron chi connectivity index (χ1n) is 5.00. The molecule has 0 unspecified atom stereocenters. The fourth-order valence-corrected chi connectivity index (χ4v) is 1.24. The van der Waals surface area contributed by atoms with Crippen molar-refractivity contribution in [2.24, 2.45) is 7.05 Å². The summed E-state index contributed by atoms with van der Waals surface area (Å²) in [7, 11) is 1.79. The number of hydrogen-bond acceptors (Lipinski definition) is 2. The van der Waals surface area contributed by atoms with Gasteiger partial charge in [-0.25, -0.2) is 0 Å². The van der Waals surface area contributed by atoms with Gasteiger partial charge in [0.05, 0.1) is 5.69 Å². The second kappa shape index (κ2) is 4.79. The highest BCUT2D eigenvalue weighted by atomic mass is 16.2. The Bertz CT molecular complexity index is 317. The van der Waals surface area contributed by atoms with Crippen LogP contribution >= 0.6 is 0 Å². The number of carbonyl (C=O) groups excluding carboxylic acids is 1. The van der Waals surface area contributed by atoms with Gasteiger partial charge in [-0.15, -0.1) is 0 Å². The molecule has 0 aromatic carbocycles. The molecule has 1 amide bonds. The number of carbonyl (C=O) groups is 1. The van der Waals surface area contributed by atoms with Crippen LogP contribution in [0.4, 0.5) is 0 Å². The van der Waals surface area contributed by atoms with Crippen LogP contribution in [0.3, 0.4) is 0 Å². The number of nitrogens with zero attached hydrogens (tertiary/aromatic N) is 2. The third kappa shape index (κ3) is 2.34. The van der Waals surface area contributed by atoms with E-state index in [2.05, 4.69) is 10.4 Å². The second-order valence-corrected chi connectivity index (χ2v) is 3.25. The van der Waals surface area contributed by atoms with Crippen molar-refractivity contribution in [1.29, 1.82) is 0 Å². The van der Waals surface area contributed by atoms with Crippen LogP contribution in [0.2, 0.25) is 0 Å². The van der Waals surface area contributed by atoms with E-state index in [1.165, 1.54) is 0 Å². The molecule has 0 aliphatic rings. The lowest BCUT2D eigenvalue weighted by Crippen LogP contribution is -2.26. The van der Waals surface area contributed by atoms with E-state index < -0.39 is 0 Å². The maximum Gasteiger partial charge on any atom is 0.269 e. The summed E-state index contributed by atoms with van der Waals surface area (Å²) in [5, 5.41) is 7.04. The minimum absolute atomic E-state index is 0.0402. The summed E-state index contributed by atoms with van der Waals surface area (Å²) < 4.78 is 1.63. The molecule has 78 valence electrons. The highest BCUT2D eigenvalue weighted by Crippen LogP contribution is 2.03. The average Bonchev–Trinajstić information content (AvgIpc) is 2.56. The van der Waals surface area contributed by atoms with Crippen molar-refractivity contribution >= 4 is 5.91 Å². The number of aryl methyl sites for hydroxylation is 2. The van der Waals surface area contributed by atoms with Crippen molar-refractivity contribution in [3.05, 3.63) is 17.5 Å². The molecule has 0 fully saturated rings. The third-order valence-electron chi connectivity index (χ3n) is 2.06. The lowest BCUT2D eigenvalue weighted by molar-refractivity contribution is 0.0944. The van der Waals surface area contributed by atoms with Gasteiger partial charge in [-0.2, -0.15) is 5.10 Å². The largest absolute Gasteiger partial charge is 0.351 e. The molecular weight excluding hydrogens is 178 g/mol. The summed E-state index contributed by atoms with van der Waals surface area (Å²) in [5.74, 6) is -0.0402. The predicted octanol–water partition coefficient (Wildman–Crippen LogP) is 1.12. The number of nitrogens with one attached hydrogen (secondary N) is 1. The molecule has 4 nitrogen and oxygen atoms in total. The Balaban J connectivity index is 2.73. The molecule has 1 N–H and O–H groups in total. The second-order valence-electron chi connectivity index (χ2n) is 3.25. The van der Waals surface area contributed by atoms with Crippen LogP contribution in [0.5, 0.6) is 0 Å². The number of hydrogen-bond donors (Lipinski definition) is 1. The van der Waals surface area contributed by atoms with Gasteiger partial charge in [0.2, 0.25) is 0 Å². The number of amides is 1. The van der Waals surface area contributed by atoms with Gasteiger partial charge in [0.15, 0.2) is 0 Å². The summed E-state index contributed by atoms with van der Waals surface area (Å²) in [6.07, 6.45) is 1.80. The van der Waals surface area contributed by atoms with Gasteiger partial charge < -0.3 is 5.32 Å². The van der Waals surface area contributed by atoms with Crippen LogP contribution < -0.4 is 5.32 Å². The predicted molar refractivity (Wildman–Crippen MR) is 55.2 cm³/mol. The van der Waals surface area contributed by atoms with Crippen LogP contribution in [-0.4, -0.2) is 22.2 Å². The topological polar surface area (TPSA) is 46.9 Å². The number of aromatic nitrogens is 2. The van der Waals surface area contributed by atoms with Gasteiger partial charge in [0.1, 0.15) is 5.69 Å². The van der Waals surface area contributed by atoms with Gasteiger partial charge in [0, 0.05) is 13.6 Å². The molecule has 1 aromatic rings. The van der Waals surface area contributed by atoms with E-state index >= 15 is 0 Å². The average molecular weight is 195 g/mol. The zero-order valence-electron chi connectivity index (χ0n) is 9.00. The SMILES string of the molecule is CCCNC(=O)c1cc(CC)nn1C. The fraction of sp³-hybridized carbons (Fsp3) is 0.600. The summed E-state index contributed by atoms with van der Waals surface area (Å²) in [4.78, 5) is 11.6. The molecule has 0 aliphatic heterocycles. The summed E-state index contributed by atoms with van der Waals surface area (Å²) in [6, 6.07) is 1.84. The molecule has 0 atom stereocenters. The third-order valence-corrected chi connectivity index (χ3v) is 2.06. The Morgan fingerprint density at radius 1 is 1.57 bits per heavy atom. The maximum absolute atomic E-state index is 11.6. The molecule has 14 heavy (non-hydrogen) atoms. The van der Waals surface area contributed by atoms with Crippen molar-refractivity contribution in [3.8, 4) is 0 Å². The summed E-state index contributed by atoms with van der Waals surface area (Å²) in [6.45, 7) is 4.77. The normalized spacial score (nSPS) is 10.2. The van der Waals surface area contributed by atoms with E-state index in [0.717, 1.165) is 18.5 Å². The minimum atomic E-state index is -0.0402. The molecule has 1 heterocycles. The Morgan fingerprint density at radius 3 is 2.79 bits per heavy atom. The Morgan fingerprint density at radius 2 is 2.29 bits per heavy atom. The first kappa shape index (κ1) is 10.8. The molecule has 4 heteroatoms. The fourth-order valence-electron chi connectivity index (χ4n) is 1.24. The van der Waals surface area contributed by atoms with E-state index in [4.69, 9.17) is 0 Å². The van der Waals surface area contributed by atoms with Gasteiger partial charge in [0.25, 0.3) is 5.91 Å². The lowest BCUT2D eigenvalue weighted by atomic mass is 10.3. The summed E-state index contributed by atoms with van der Waals surface area (Å²) >= 11 is 0. The Hall–Kier alpha value is -1.32. The standard InChI is InChI=1S/C10H17N3O/c1-4-6-11-10(14)9-7-8(5-2)12-13(9)3/h7H,4-6H2,1-3H3,(H,11,14). The van der Waals surface area contributed by atoms with Gasteiger partial charge in [-0.05, 0) is 18.9 Å². The molecule has 1 rings (SSSR count). The highest BCUT2D eigenvalue weighted by molar-refractivity contribution is 5.92. The molecule has 0 bridgehead atoms. The molecule has 0 saturated carbocycles. The minimum Gasteiger partial charge on any atom is -0.351 e. The van der Waals surface area contributed by atoms with E-state index in [1.807, 2.05) is 19.9 Å². The van der Waals surface area contributed by atoms with Crippen molar-refractivity contribution in [2.75, 3.05) is 6.54 Å². The van der Waals surface area contributed by atoms with Crippen LogP contribution in [0.15, 0.2) is 6.07 Å². The lowest BCUT2D eigenvalue weighted by Gasteiger charge is -2.02. The molecule has 1 aromatic heterocycles. The van der Waals surface area contributed by atoms with E-state index in [9.17, 15) is 4.79 Å². The maximum atomic E-state index is 11.6. The zero-order valence-corrected chi connectivity index (χ0v) is 9.00. The first-order valence-corrected chi connectivity index (χ1v) is 5.00. The molecule has 0 spiro atoms. The summed E-state index contributed by atoms with van der Waals surface area (Å²) in [5.41, 5.74) is 1.59. The van der Waals surface area contributed by atoms with E-state index in [0.29, 0.717) is 12.2 Å². The molecule has 0 radical (unpaired) electrons. The van der Waals surface area contributed by atoms with Crippen molar-refractivity contribution in [1.82, 2.24) is 15.1 Å². The quantitative estimate of drug-likeness (QED) is 0.782. The smallest absolute Gasteiger partial charge is 0.269 e. The molecule has 0 aliphatic carbocycles. The van der Waals surface area contributed by atoms with Gasteiger partial charge in [-0.1, -0.05) is 13.8 Å². The molecular formula is C10H17N3O. The van der Waals surface area contributed by atoms with Crippen molar-refractivity contribution in [2.45, 2.75) is 26.7 Å². The van der Waals surface area contributed by atoms with E-state index in [1.54, 1.807) is 11.7 Å². The Kier molecular flexibility index (Phi) is 3.68. The van der Waals surface area contributed by atoms with Crippen molar-refractivity contribution in [3.63, 3.8) is 0 Å².